The van der Waals surface area contributed by atoms with E-state index in [1.807, 2.05) is 0 Å². The number of imidazole rings is 1. The molecule has 6 nitrogen and oxygen atoms in total. The predicted molar refractivity (Wildman–Crippen MR) is 61.2 cm³/mol. The Morgan fingerprint density at radius 3 is 3.29 bits per heavy atom. The number of aromatic nitrogens is 4. The highest BCUT2D eigenvalue weighted by atomic mass is 35.5. The topological polar surface area (TPSA) is 72.9 Å². The minimum absolute atomic E-state index is 0.131. The molecular weight excluding hydrogens is 244 g/mol. The predicted octanol–water partition coefficient (Wildman–Crippen LogP) is 1.56. The van der Waals surface area contributed by atoms with Crippen molar-refractivity contribution in [3.63, 3.8) is 0 Å². The lowest BCUT2D eigenvalue weighted by Gasteiger charge is -2.10. The smallest absolute Gasteiger partial charge is 0.244 e. The summed E-state index contributed by atoms with van der Waals surface area (Å²) in [6, 6.07) is 0. The number of nitrogens with zero attached hydrogens (tertiary/aromatic N) is 3. The quantitative estimate of drug-likeness (QED) is 0.842. The first-order valence-corrected chi connectivity index (χ1v) is 5.82. The Morgan fingerprint density at radius 2 is 2.47 bits per heavy atom. The molecule has 1 aliphatic rings. The third-order valence-electron chi connectivity index (χ3n) is 2.66. The van der Waals surface area contributed by atoms with E-state index in [1.165, 1.54) is 6.33 Å². The number of fused-ring (bicyclic) bond motifs is 1. The van der Waals surface area contributed by atoms with Crippen molar-refractivity contribution in [2.75, 3.05) is 13.2 Å². The van der Waals surface area contributed by atoms with Crippen molar-refractivity contribution >= 4 is 22.8 Å². The van der Waals surface area contributed by atoms with Crippen LogP contribution in [0.4, 0.5) is 0 Å². The molecule has 0 spiro atoms. The van der Waals surface area contributed by atoms with Crippen molar-refractivity contribution in [2.24, 2.45) is 0 Å². The second-order valence-electron chi connectivity index (χ2n) is 3.84. The van der Waals surface area contributed by atoms with Crippen LogP contribution in [0, 0.1) is 0 Å². The highest BCUT2D eigenvalue weighted by molar-refractivity contribution is 6.28. The Kier molecular flexibility index (Phi) is 2.82. The minimum atomic E-state index is 0.131. The molecule has 1 fully saturated rings. The number of hydrogen-bond donors (Lipinski definition) is 1. The van der Waals surface area contributed by atoms with Crippen molar-refractivity contribution in [1.82, 2.24) is 19.9 Å². The molecule has 1 unspecified atom stereocenters. The van der Waals surface area contributed by atoms with Gasteiger partial charge in [-0.3, -0.25) is 0 Å². The average molecular weight is 255 g/mol. The molecular formula is C10H11ClN4O2. The van der Waals surface area contributed by atoms with Crippen LogP contribution in [0.1, 0.15) is 12.8 Å². The van der Waals surface area contributed by atoms with E-state index in [-0.39, 0.29) is 11.4 Å². The zero-order valence-corrected chi connectivity index (χ0v) is 9.78. The monoisotopic (exact) mass is 254 g/mol. The van der Waals surface area contributed by atoms with E-state index in [1.54, 1.807) is 0 Å². The van der Waals surface area contributed by atoms with Crippen molar-refractivity contribution in [2.45, 2.75) is 18.9 Å². The van der Waals surface area contributed by atoms with Crippen LogP contribution in [0.3, 0.4) is 0 Å². The van der Waals surface area contributed by atoms with Crippen LogP contribution in [-0.4, -0.2) is 39.3 Å². The van der Waals surface area contributed by atoms with Gasteiger partial charge in [0.05, 0.1) is 12.4 Å². The number of ether oxygens (including phenoxy) is 2. The third-order valence-corrected chi connectivity index (χ3v) is 2.82. The average Bonchev–Trinajstić information content (AvgIpc) is 2.95. The fraction of sp³-hybridized carbons (Fsp3) is 0.500. The highest BCUT2D eigenvalue weighted by Crippen LogP contribution is 2.22. The normalized spacial score (nSPS) is 19.9. The molecule has 1 saturated heterocycles. The van der Waals surface area contributed by atoms with Gasteiger partial charge in [-0.15, -0.1) is 0 Å². The van der Waals surface area contributed by atoms with Crippen LogP contribution < -0.4 is 4.74 Å². The lowest BCUT2D eigenvalue weighted by molar-refractivity contribution is 0.0668. The fourth-order valence-corrected chi connectivity index (χ4v) is 1.99. The van der Waals surface area contributed by atoms with Gasteiger partial charge in [0, 0.05) is 6.61 Å². The second-order valence-corrected chi connectivity index (χ2v) is 4.18. The number of aromatic amines is 1. The molecule has 0 bridgehead atoms. The summed E-state index contributed by atoms with van der Waals surface area (Å²) in [6.45, 7) is 1.28. The largest absolute Gasteiger partial charge is 0.473 e. The fourth-order valence-electron chi connectivity index (χ4n) is 1.83. The van der Waals surface area contributed by atoms with Gasteiger partial charge in [0.1, 0.15) is 12.1 Å². The van der Waals surface area contributed by atoms with E-state index in [0.717, 1.165) is 19.4 Å². The number of nitrogens with one attached hydrogen (secondary N) is 1. The third kappa shape index (κ3) is 2.18. The first-order chi connectivity index (χ1) is 8.33. The maximum Gasteiger partial charge on any atom is 0.244 e. The van der Waals surface area contributed by atoms with Gasteiger partial charge in [0.2, 0.25) is 11.2 Å². The van der Waals surface area contributed by atoms with Crippen molar-refractivity contribution in [3.8, 4) is 5.88 Å². The van der Waals surface area contributed by atoms with Crippen molar-refractivity contribution < 1.29 is 9.47 Å². The molecule has 0 aromatic carbocycles. The summed E-state index contributed by atoms with van der Waals surface area (Å²) in [5.41, 5.74) is 1.17. The Bertz CT molecular complexity index is 524. The molecule has 17 heavy (non-hydrogen) atoms. The zero-order valence-electron chi connectivity index (χ0n) is 9.02. The van der Waals surface area contributed by atoms with Crippen LogP contribution in [0.5, 0.6) is 5.88 Å². The number of hydrogen-bond acceptors (Lipinski definition) is 5. The van der Waals surface area contributed by atoms with Crippen molar-refractivity contribution in [3.05, 3.63) is 11.6 Å². The Morgan fingerprint density at radius 1 is 1.53 bits per heavy atom. The van der Waals surface area contributed by atoms with E-state index < -0.39 is 0 Å². The summed E-state index contributed by atoms with van der Waals surface area (Å²) >= 11 is 5.79. The van der Waals surface area contributed by atoms with E-state index in [2.05, 4.69) is 19.9 Å². The summed E-state index contributed by atoms with van der Waals surface area (Å²) in [6.07, 6.45) is 3.78. The molecule has 3 heterocycles. The molecule has 0 amide bonds. The van der Waals surface area contributed by atoms with E-state index in [9.17, 15) is 0 Å². The first-order valence-electron chi connectivity index (χ1n) is 5.44. The Hall–Kier alpha value is -1.40. The molecule has 1 N–H and O–H groups in total. The molecule has 0 saturated carbocycles. The maximum absolute atomic E-state index is 5.79. The summed E-state index contributed by atoms with van der Waals surface area (Å²) in [5.74, 6) is 0.424. The second kappa shape index (κ2) is 4.46. The Balaban J connectivity index is 1.81. The molecule has 1 atom stereocenters. The molecule has 0 radical (unpaired) electrons. The van der Waals surface area contributed by atoms with Gasteiger partial charge in [0.15, 0.2) is 5.65 Å². The van der Waals surface area contributed by atoms with Crippen LogP contribution in [0.2, 0.25) is 5.28 Å². The van der Waals surface area contributed by atoms with Gasteiger partial charge in [-0.2, -0.15) is 9.97 Å². The summed E-state index contributed by atoms with van der Waals surface area (Å²) < 4.78 is 11.1. The van der Waals surface area contributed by atoms with Gasteiger partial charge in [0.25, 0.3) is 0 Å². The standard InChI is InChI=1S/C10H11ClN4O2/c11-10-14-8-7(12-5-13-8)9(15-10)17-4-6-2-1-3-16-6/h5-6H,1-4H2,(H,12,13,14,15). The molecule has 0 aliphatic carbocycles. The summed E-state index contributed by atoms with van der Waals surface area (Å²) in [7, 11) is 0. The van der Waals surface area contributed by atoms with Gasteiger partial charge in [-0.1, -0.05) is 0 Å². The maximum atomic E-state index is 5.79. The molecule has 3 rings (SSSR count). The van der Waals surface area contributed by atoms with Crippen LogP contribution in [-0.2, 0) is 4.74 Å². The lowest BCUT2D eigenvalue weighted by Crippen LogP contribution is -2.17. The highest BCUT2D eigenvalue weighted by Gasteiger charge is 2.18. The number of rotatable bonds is 3. The molecule has 2 aromatic rings. The molecule has 1 aliphatic heterocycles. The molecule has 90 valence electrons. The number of H-pyrrole nitrogens is 1. The van der Waals surface area contributed by atoms with Gasteiger partial charge >= 0.3 is 0 Å². The molecule has 2 aromatic heterocycles. The van der Waals surface area contributed by atoms with Crippen LogP contribution >= 0.6 is 11.6 Å². The van der Waals surface area contributed by atoms with E-state index in [0.29, 0.717) is 23.7 Å². The minimum Gasteiger partial charge on any atom is -0.473 e. The number of halogens is 1. The summed E-state index contributed by atoms with van der Waals surface area (Å²) in [5, 5.41) is 0.131. The van der Waals surface area contributed by atoms with Gasteiger partial charge < -0.3 is 14.5 Å². The van der Waals surface area contributed by atoms with Crippen LogP contribution in [0.15, 0.2) is 6.33 Å². The van der Waals surface area contributed by atoms with E-state index in [4.69, 9.17) is 21.1 Å². The SMILES string of the molecule is Clc1nc(OCC2CCCO2)c2[nH]cnc2n1. The van der Waals surface area contributed by atoms with E-state index >= 15 is 0 Å². The summed E-state index contributed by atoms with van der Waals surface area (Å²) in [4.78, 5) is 15.0. The Labute approximate surface area is 102 Å². The van der Waals surface area contributed by atoms with Crippen molar-refractivity contribution in [1.29, 1.82) is 0 Å². The first kappa shape index (κ1) is 10.7. The lowest BCUT2D eigenvalue weighted by atomic mass is 10.2. The van der Waals surface area contributed by atoms with Gasteiger partial charge in [-0.25, -0.2) is 4.98 Å². The van der Waals surface area contributed by atoms with Gasteiger partial charge in [-0.05, 0) is 24.4 Å². The molecule has 7 heteroatoms. The van der Waals surface area contributed by atoms with Crippen LogP contribution in [0.25, 0.3) is 11.2 Å². The zero-order chi connectivity index (χ0) is 11.7.